The number of rotatable bonds is 7. The van der Waals surface area contributed by atoms with E-state index in [0.717, 1.165) is 11.1 Å². The first-order valence-corrected chi connectivity index (χ1v) is 8.55. The van der Waals surface area contributed by atoms with E-state index in [4.69, 9.17) is 9.47 Å². The van der Waals surface area contributed by atoms with Crippen molar-refractivity contribution >= 4 is 5.91 Å². The second-order valence-electron chi connectivity index (χ2n) is 5.97. The van der Waals surface area contributed by atoms with Crippen LogP contribution in [0.1, 0.15) is 11.1 Å². The van der Waals surface area contributed by atoms with Crippen LogP contribution in [0.5, 0.6) is 17.2 Å². The Balaban J connectivity index is 1.52. The molecule has 0 spiro atoms. The van der Waals surface area contributed by atoms with Gasteiger partial charge in [0.15, 0.2) is 0 Å². The number of carbonyl (C=O) groups excluding carboxylic acids is 1. The zero-order valence-corrected chi connectivity index (χ0v) is 14.9. The van der Waals surface area contributed by atoms with E-state index in [-0.39, 0.29) is 18.1 Å². The molecule has 0 aliphatic rings. The molecule has 0 heterocycles. The van der Waals surface area contributed by atoms with Crippen LogP contribution in [0, 0.1) is 5.82 Å². The zero-order valence-electron chi connectivity index (χ0n) is 14.9. The van der Waals surface area contributed by atoms with Crippen molar-refractivity contribution in [3.05, 3.63) is 89.7 Å². The largest absolute Gasteiger partial charge is 0.496 e. The van der Waals surface area contributed by atoms with Gasteiger partial charge in [-0.3, -0.25) is 4.79 Å². The third-order valence-corrected chi connectivity index (χ3v) is 4.01. The van der Waals surface area contributed by atoms with Gasteiger partial charge >= 0.3 is 0 Å². The maximum atomic E-state index is 12.9. The number of hydrogen-bond acceptors (Lipinski definition) is 3. The second kappa shape index (κ2) is 8.85. The number of para-hydroxylation sites is 1. The molecule has 0 aliphatic carbocycles. The van der Waals surface area contributed by atoms with E-state index >= 15 is 0 Å². The molecule has 0 fully saturated rings. The number of hydrogen-bond donors (Lipinski definition) is 1. The van der Waals surface area contributed by atoms with Crippen LogP contribution in [-0.2, 0) is 17.8 Å². The number of methoxy groups -OCH3 is 1. The van der Waals surface area contributed by atoms with Gasteiger partial charge in [0.1, 0.15) is 23.1 Å². The summed E-state index contributed by atoms with van der Waals surface area (Å²) in [5.74, 6) is 1.53. The molecule has 0 aromatic heterocycles. The van der Waals surface area contributed by atoms with E-state index in [9.17, 15) is 9.18 Å². The van der Waals surface area contributed by atoms with Gasteiger partial charge in [-0.2, -0.15) is 0 Å². The molecule has 4 nitrogen and oxygen atoms in total. The van der Waals surface area contributed by atoms with Gasteiger partial charge in [-0.25, -0.2) is 4.39 Å². The summed E-state index contributed by atoms with van der Waals surface area (Å²) >= 11 is 0. The molecule has 5 heteroatoms. The Morgan fingerprint density at radius 3 is 2.22 bits per heavy atom. The molecule has 0 atom stereocenters. The predicted octanol–water partition coefficient (Wildman–Crippen LogP) is 4.49. The fourth-order valence-corrected chi connectivity index (χ4v) is 2.60. The van der Waals surface area contributed by atoms with Crippen LogP contribution in [0.2, 0.25) is 0 Å². The first kappa shape index (κ1) is 18.5. The van der Waals surface area contributed by atoms with Crippen LogP contribution in [0.25, 0.3) is 0 Å². The number of amides is 1. The molecule has 1 amide bonds. The summed E-state index contributed by atoms with van der Waals surface area (Å²) in [6.07, 6.45) is 0.260. The van der Waals surface area contributed by atoms with Crippen molar-refractivity contribution in [3.63, 3.8) is 0 Å². The van der Waals surface area contributed by atoms with Gasteiger partial charge in [0.05, 0.1) is 13.5 Å². The highest BCUT2D eigenvalue weighted by Gasteiger charge is 2.08. The lowest BCUT2D eigenvalue weighted by Crippen LogP contribution is -2.24. The van der Waals surface area contributed by atoms with Crippen LogP contribution in [0.15, 0.2) is 72.8 Å². The first-order chi connectivity index (χ1) is 13.1. The van der Waals surface area contributed by atoms with E-state index < -0.39 is 0 Å². The topological polar surface area (TPSA) is 47.6 Å². The summed E-state index contributed by atoms with van der Waals surface area (Å²) in [6, 6.07) is 20.7. The van der Waals surface area contributed by atoms with E-state index in [0.29, 0.717) is 23.8 Å². The van der Waals surface area contributed by atoms with Crippen LogP contribution in [0.3, 0.4) is 0 Å². The molecular formula is C22H20FNO3. The van der Waals surface area contributed by atoms with Crippen LogP contribution < -0.4 is 14.8 Å². The highest BCUT2D eigenvalue weighted by molar-refractivity contribution is 5.79. The Morgan fingerprint density at radius 1 is 0.926 bits per heavy atom. The average Bonchev–Trinajstić information content (AvgIpc) is 2.69. The molecule has 0 bridgehead atoms. The van der Waals surface area contributed by atoms with E-state index in [1.165, 1.54) is 12.1 Å². The number of benzene rings is 3. The highest BCUT2D eigenvalue weighted by Crippen LogP contribution is 2.22. The zero-order chi connectivity index (χ0) is 19.1. The molecule has 0 aliphatic heterocycles. The summed E-state index contributed by atoms with van der Waals surface area (Å²) in [7, 11) is 1.59. The summed E-state index contributed by atoms with van der Waals surface area (Å²) in [5, 5.41) is 2.90. The molecule has 3 aromatic rings. The summed E-state index contributed by atoms with van der Waals surface area (Å²) in [4.78, 5) is 12.2. The third kappa shape index (κ3) is 5.31. The Bertz CT molecular complexity index is 892. The standard InChI is InChI=1S/C22H20FNO3/c1-26-21-5-3-2-4-17(21)14-22(25)24-15-16-6-10-19(11-7-16)27-20-12-8-18(23)9-13-20/h2-13H,14-15H2,1H3,(H,24,25). The predicted molar refractivity (Wildman–Crippen MR) is 101 cm³/mol. The lowest BCUT2D eigenvalue weighted by Gasteiger charge is -2.10. The average molecular weight is 365 g/mol. The molecule has 3 rings (SSSR count). The van der Waals surface area contributed by atoms with Gasteiger partial charge in [-0.05, 0) is 48.0 Å². The lowest BCUT2D eigenvalue weighted by atomic mass is 10.1. The Labute approximate surface area is 157 Å². The lowest BCUT2D eigenvalue weighted by molar-refractivity contribution is -0.120. The van der Waals surface area contributed by atoms with Crippen molar-refractivity contribution in [2.45, 2.75) is 13.0 Å². The van der Waals surface area contributed by atoms with Crippen molar-refractivity contribution in [1.29, 1.82) is 0 Å². The van der Waals surface area contributed by atoms with E-state index in [1.54, 1.807) is 19.2 Å². The van der Waals surface area contributed by atoms with Crippen LogP contribution >= 0.6 is 0 Å². The van der Waals surface area contributed by atoms with Crippen molar-refractivity contribution in [1.82, 2.24) is 5.32 Å². The molecule has 3 aromatic carbocycles. The van der Waals surface area contributed by atoms with Crippen LogP contribution in [0.4, 0.5) is 4.39 Å². The van der Waals surface area contributed by atoms with Crippen molar-refractivity contribution < 1.29 is 18.7 Å². The quantitative estimate of drug-likeness (QED) is 0.671. The minimum Gasteiger partial charge on any atom is -0.496 e. The smallest absolute Gasteiger partial charge is 0.224 e. The SMILES string of the molecule is COc1ccccc1CC(=O)NCc1ccc(Oc2ccc(F)cc2)cc1. The van der Waals surface area contributed by atoms with Crippen molar-refractivity contribution in [2.24, 2.45) is 0 Å². The summed E-state index contributed by atoms with van der Waals surface area (Å²) in [6.45, 7) is 0.421. The van der Waals surface area contributed by atoms with Crippen LogP contribution in [-0.4, -0.2) is 13.0 Å². The fraction of sp³-hybridized carbons (Fsp3) is 0.136. The van der Waals surface area contributed by atoms with Gasteiger partial charge in [0, 0.05) is 12.1 Å². The number of halogens is 1. The monoisotopic (exact) mass is 365 g/mol. The maximum absolute atomic E-state index is 12.9. The maximum Gasteiger partial charge on any atom is 0.224 e. The molecule has 0 radical (unpaired) electrons. The van der Waals surface area contributed by atoms with Gasteiger partial charge in [0.2, 0.25) is 5.91 Å². The third-order valence-electron chi connectivity index (χ3n) is 4.01. The molecule has 138 valence electrons. The minimum atomic E-state index is -0.304. The van der Waals surface area contributed by atoms with E-state index in [1.807, 2.05) is 48.5 Å². The van der Waals surface area contributed by atoms with E-state index in [2.05, 4.69) is 5.32 Å². The number of ether oxygens (including phenoxy) is 2. The Hall–Kier alpha value is -3.34. The minimum absolute atomic E-state index is 0.0776. The molecule has 0 saturated heterocycles. The molecular weight excluding hydrogens is 345 g/mol. The highest BCUT2D eigenvalue weighted by atomic mass is 19.1. The first-order valence-electron chi connectivity index (χ1n) is 8.55. The van der Waals surface area contributed by atoms with Crippen molar-refractivity contribution in [3.8, 4) is 17.2 Å². The van der Waals surface area contributed by atoms with Gasteiger partial charge < -0.3 is 14.8 Å². The number of nitrogens with one attached hydrogen (secondary N) is 1. The Kier molecular flexibility index (Phi) is 6.05. The second-order valence-corrected chi connectivity index (χ2v) is 5.97. The number of carbonyl (C=O) groups is 1. The molecule has 0 saturated carbocycles. The fourth-order valence-electron chi connectivity index (χ4n) is 2.60. The molecule has 27 heavy (non-hydrogen) atoms. The molecule has 0 unspecified atom stereocenters. The summed E-state index contributed by atoms with van der Waals surface area (Å²) < 4.78 is 23.8. The molecule has 1 N–H and O–H groups in total. The van der Waals surface area contributed by atoms with Gasteiger partial charge in [-0.15, -0.1) is 0 Å². The van der Waals surface area contributed by atoms with Gasteiger partial charge in [-0.1, -0.05) is 30.3 Å². The normalized spacial score (nSPS) is 10.3. The van der Waals surface area contributed by atoms with Gasteiger partial charge in [0.25, 0.3) is 0 Å². The Morgan fingerprint density at radius 2 is 1.56 bits per heavy atom. The summed E-state index contributed by atoms with van der Waals surface area (Å²) in [5.41, 5.74) is 1.80. The van der Waals surface area contributed by atoms with Crippen molar-refractivity contribution in [2.75, 3.05) is 7.11 Å².